The first-order valence-corrected chi connectivity index (χ1v) is 8.11. The molecule has 4 aromatic rings. The first-order valence-electron chi connectivity index (χ1n) is 8.11. The Morgan fingerprint density at radius 3 is 2.79 bits per heavy atom. The van der Waals surface area contributed by atoms with Gasteiger partial charge in [-0.25, -0.2) is 4.98 Å². The van der Waals surface area contributed by atoms with E-state index in [1.807, 2.05) is 28.9 Å². The summed E-state index contributed by atoms with van der Waals surface area (Å²) in [5.74, 6) is 0.786. The van der Waals surface area contributed by atoms with Gasteiger partial charge in [0.25, 0.3) is 0 Å². The van der Waals surface area contributed by atoms with Crippen molar-refractivity contribution in [3.8, 4) is 5.75 Å². The quantitative estimate of drug-likeness (QED) is 0.612. The van der Waals surface area contributed by atoms with Gasteiger partial charge >= 0.3 is 0 Å². The molecule has 2 heterocycles. The maximum Gasteiger partial charge on any atom is 0.179 e. The molecule has 4 heteroatoms. The molecule has 0 fully saturated rings. The zero-order valence-electron chi connectivity index (χ0n) is 13.4. The highest BCUT2D eigenvalue weighted by molar-refractivity contribution is 5.85. The van der Waals surface area contributed by atoms with Gasteiger partial charge in [0, 0.05) is 24.5 Å². The summed E-state index contributed by atoms with van der Waals surface area (Å²) in [6.45, 7) is 1.12. The third kappa shape index (κ3) is 2.61. The Bertz CT molecular complexity index is 985. The molecule has 0 spiro atoms. The lowest BCUT2D eigenvalue weighted by Gasteiger charge is -2.10. The van der Waals surface area contributed by atoms with Gasteiger partial charge < -0.3 is 14.9 Å². The fourth-order valence-electron chi connectivity index (χ4n) is 3.06. The molecule has 120 valence electrons. The van der Waals surface area contributed by atoms with Crippen molar-refractivity contribution in [2.75, 3.05) is 6.54 Å². The molecule has 0 radical (unpaired) electrons. The van der Waals surface area contributed by atoms with Crippen LogP contribution in [0.25, 0.3) is 16.4 Å². The molecule has 2 aromatic heterocycles. The predicted octanol–water partition coefficient (Wildman–Crippen LogP) is 3.57. The monoisotopic (exact) mass is 317 g/mol. The molecule has 0 bridgehead atoms. The number of ether oxygens (including phenoxy) is 1. The van der Waals surface area contributed by atoms with E-state index in [0.29, 0.717) is 13.2 Å². The molecule has 0 unspecified atom stereocenters. The van der Waals surface area contributed by atoms with Crippen LogP contribution in [0.1, 0.15) is 11.3 Å². The number of fused-ring (bicyclic) bond motifs is 2. The zero-order valence-corrected chi connectivity index (χ0v) is 13.4. The van der Waals surface area contributed by atoms with Crippen molar-refractivity contribution in [1.82, 2.24) is 9.38 Å². The van der Waals surface area contributed by atoms with Crippen molar-refractivity contribution in [2.24, 2.45) is 5.73 Å². The predicted molar refractivity (Wildman–Crippen MR) is 96.2 cm³/mol. The van der Waals surface area contributed by atoms with Gasteiger partial charge in [0.15, 0.2) is 11.4 Å². The average molecular weight is 317 g/mol. The van der Waals surface area contributed by atoms with Gasteiger partial charge in [-0.15, -0.1) is 0 Å². The molecule has 0 saturated heterocycles. The largest absolute Gasteiger partial charge is 0.485 e. The normalized spacial score (nSPS) is 11.2. The van der Waals surface area contributed by atoms with Crippen molar-refractivity contribution >= 4 is 16.4 Å². The van der Waals surface area contributed by atoms with Gasteiger partial charge in [0.1, 0.15) is 6.61 Å². The number of benzene rings is 2. The Hall–Kier alpha value is -2.85. The first kappa shape index (κ1) is 14.7. The highest BCUT2D eigenvalue weighted by Crippen LogP contribution is 2.23. The molecule has 0 aliphatic rings. The maximum atomic E-state index is 6.09. The fourth-order valence-corrected chi connectivity index (χ4v) is 3.06. The minimum Gasteiger partial charge on any atom is -0.485 e. The minimum absolute atomic E-state index is 0.514. The van der Waals surface area contributed by atoms with Crippen LogP contribution in [0.4, 0.5) is 0 Å². The van der Waals surface area contributed by atoms with E-state index in [9.17, 15) is 0 Å². The molecule has 0 aliphatic carbocycles. The van der Waals surface area contributed by atoms with Crippen molar-refractivity contribution < 1.29 is 4.74 Å². The van der Waals surface area contributed by atoms with Crippen LogP contribution >= 0.6 is 0 Å². The van der Waals surface area contributed by atoms with Crippen LogP contribution in [0, 0.1) is 0 Å². The number of hydrogen-bond acceptors (Lipinski definition) is 3. The van der Waals surface area contributed by atoms with Crippen LogP contribution in [-0.4, -0.2) is 15.9 Å². The molecule has 2 N–H and O–H groups in total. The summed E-state index contributed by atoms with van der Waals surface area (Å²) < 4.78 is 8.14. The number of rotatable bonds is 5. The Labute approximate surface area is 140 Å². The van der Waals surface area contributed by atoms with Crippen molar-refractivity contribution in [2.45, 2.75) is 13.0 Å². The smallest absolute Gasteiger partial charge is 0.179 e. The number of imidazole rings is 1. The first-order chi connectivity index (χ1) is 11.9. The number of aromatic nitrogens is 2. The van der Waals surface area contributed by atoms with E-state index < -0.39 is 0 Å². The van der Waals surface area contributed by atoms with Gasteiger partial charge in [-0.1, -0.05) is 42.5 Å². The Kier molecular flexibility index (Phi) is 3.89. The van der Waals surface area contributed by atoms with Crippen LogP contribution in [0.15, 0.2) is 67.0 Å². The summed E-state index contributed by atoms with van der Waals surface area (Å²) in [6, 6.07) is 18.6. The molecule has 0 saturated carbocycles. The molecule has 0 amide bonds. The second-order valence-corrected chi connectivity index (χ2v) is 5.78. The fraction of sp³-hybridized carbons (Fsp3) is 0.150. The summed E-state index contributed by atoms with van der Waals surface area (Å²) in [7, 11) is 0. The van der Waals surface area contributed by atoms with Crippen LogP contribution in [0.5, 0.6) is 5.75 Å². The molecule has 0 atom stereocenters. The SMILES string of the molecule is NCCc1cnc2c(OCc3cccc4ccccc34)cccn12. The lowest BCUT2D eigenvalue weighted by atomic mass is 10.1. The molecule has 4 nitrogen and oxygen atoms in total. The molecule has 2 aromatic carbocycles. The average Bonchev–Trinajstić information content (AvgIpc) is 3.04. The van der Waals surface area contributed by atoms with Crippen LogP contribution in [-0.2, 0) is 13.0 Å². The highest BCUT2D eigenvalue weighted by atomic mass is 16.5. The molecular weight excluding hydrogens is 298 g/mol. The highest BCUT2D eigenvalue weighted by Gasteiger charge is 2.09. The van der Waals surface area contributed by atoms with Crippen LogP contribution in [0.3, 0.4) is 0 Å². The molecular formula is C20H19N3O. The second-order valence-electron chi connectivity index (χ2n) is 5.78. The third-order valence-electron chi connectivity index (χ3n) is 4.24. The summed E-state index contributed by atoms with van der Waals surface area (Å²) in [4.78, 5) is 4.49. The van der Waals surface area contributed by atoms with E-state index >= 15 is 0 Å². The Morgan fingerprint density at radius 2 is 1.88 bits per heavy atom. The lowest BCUT2D eigenvalue weighted by molar-refractivity contribution is 0.309. The number of pyridine rings is 1. The topological polar surface area (TPSA) is 52.5 Å². The van der Waals surface area contributed by atoms with E-state index in [4.69, 9.17) is 10.5 Å². The minimum atomic E-state index is 0.514. The van der Waals surface area contributed by atoms with E-state index in [1.54, 1.807) is 0 Å². The van der Waals surface area contributed by atoms with Crippen LogP contribution in [0.2, 0.25) is 0 Å². The lowest BCUT2D eigenvalue weighted by Crippen LogP contribution is -2.05. The molecule has 0 aliphatic heterocycles. The second kappa shape index (κ2) is 6.34. The third-order valence-corrected chi connectivity index (χ3v) is 4.24. The summed E-state index contributed by atoms with van der Waals surface area (Å²) >= 11 is 0. The van der Waals surface area contributed by atoms with Crippen LogP contribution < -0.4 is 10.5 Å². The van der Waals surface area contributed by atoms with Crippen molar-refractivity contribution in [1.29, 1.82) is 0 Å². The van der Waals surface area contributed by atoms with Gasteiger partial charge in [-0.2, -0.15) is 0 Å². The number of nitrogens with two attached hydrogens (primary N) is 1. The van der Waals surface area contributed by atoms with E-state index in [-0.39, 0.29) is 0 Å². The Morgan fingerprint density at radius 1 is 1.00 bits per heavy atom. The van der Waals surface area contributed by atoms with E-state index in [0.717, 1.165) is 23.5 Å². The van der Waals surface area contributed by atoms with Gasteiger partial charge in [0.05, 0.1) is 0 Å². The molecule has 24 heavy (non-hydrogen) atoms. The number of nitrogens with zero attached hydrogens (tertiary/aromatic N) is 2. The van der Waals surface area contributed by atoms with Gasteiger partial charge in [-0.05, 0) is 35.0 Å². The Balaban J connectivity index is 1.65. The summed E-state index contributed by atoms with van der Waals surface area (Å²) in [5, 5.41) is 2.45. The standard InChI is InChI=1S/C20H19N3O/c21-11-10-17-13-22-20-19(9-4-12-23(17)20)24-14-16-7-3-6-15-5-1-2-8-18(15)16/h1-9,12-13H,10-11,14,21H2. The van der Waals surface area contributed by atoms with Crippen molar-refractivity contribution in [3.63, 3.8) is 0 Å². The van der Waals surface area contributed by atoms with E-state index in [2.05, 4.69) is 47.4 Å². The number of hydrogen-bond donors (Lipinski definition) is 1. The maximum absolute atomic E-state index is 6.09. The van der Waals surface area contributed by atoms with Gasteiger partial charge in [0.2, 0.25) is 0 Å². The zero-order chi connectivity index (χ0) is 16.4. The molecule has 4 rings (SSSR count). The van der Waals surface area contributed by atoms with Crippen molar-refractivity contribution in [3.05, 3.63) is 78.2 Å². The van der Waals surface area contributed by atoms with Gasteiger partial charge in [-0.3, -0.25) is 0 Å². The van der Waals surface area contributed by atoms with E-state index in [1.165, 1.54) is 16.3 Å². The summed E-state index contributed by atoms with van der Waals surface area (Å²) in [5.41, 5.74) is 8.77. The summed E-state index contributed by atoms with van der Waals surface area (Å²) in [6.07, 6.45) is 4.67.